The Morgan fingerprint density at radius 2 is 1.88 bits per heavy atom. The van der Waals surface area contributed by atoms with Crippen molar-refractivity contribution in [2.24, 2.45) is 0 Å². The lowest BCUT2D eigenvalue weighted by molar-refractivity contribution is 0.302. The van der Waals surface area contributed by atoms with Gasteiger partial charge >= 0.3 is 0 Å². The van der Waals surface area contributed by atoms with Gasteiger partial charge in [0.15, 0.2) is 0 Å². The van der Waals surface area contributed by atoms with Gasteiger partial charge < -0.3 is 4.74 Å². The van der Waals surface area contributed by atoms with Crippen LogP contribution in [0.3, 0.4) is 0 Å². The minimum absolute atomic E-state index is 0.911. The molecule has 0 amide bonds. The molecule has 0 bridgehead atoms. The Balaban J connectivity index is 4.14. The fraction of sp³-hybridized carbons (Fsp3) is 0.600. The van der Waals surface area contributed by atoms with Gasteiger partial charge in [0.25, 0.3) is 0 Å². The van der Waals surface area contributed by atoms with Gasteiger partial charge in [-0.1, -0.05) is 51.3 Å². The van der Waals surface area contributed by atoms with Gasteiger partial charge in [0, 0.05) is 0 Å². The summed E-state index contributed by atoms with van der Waals surface area (Å²) in [6.07, 6.45) is 13.6. The van der Waals surface area contributed by atoms with Crippen LogP contribution >= 0.6 is 0 Å². The number of methoxy groups -OCH3 is 1. The molecule has 0 aromatic carbocycles. The van der Waals surface area contributed by atoms with Gasteiger partial charge in [0.1, 0.15) is 5.76 Å². The van der Waals surface area contributed by atoms with E-state index in [1.807, 2.05) is 6.92 Å². The van der Waals surface area contributed by atoms with Gasteiger partial charge in [-0.2, -0.15) is 0 Å². The molecule has 0 unspecified atom stereocenters. The van der Waals surface area contributed by atoms with Crippen LogP contribution in [0.15, 0.2) is 36.1 Å². The van der Waals surface area contributed by atoms with Crippen LogP contribution in [0.5, 0.6) is 0 Å². The van der Waals surface area contributed by atoms with Crippen molar-refractivity contribution in [2.45, 2.75) is 52.4 Å². The average Bonchev–Trinajstić information content (AvgIpc) is 2.30. The first kappa shape index (κ1) is 15.0. The average molecular weight is 222 g/mol. The Labute approximate surface area is 101 Å². The van der Waals surface area contributed by atoms with Crippen LogP contribution in [0.4, 0.5) is 0 Å². The number of hydrogen-bond acceptors (Lipinski definition) is 1. The van der Waals surface area contributed by atoms with Gasteiger partial charge in [-0.3, -0.25) is 0 Å². The first-order valence-electron chi connectivity index (χ1n) is 6.32. The minimum Gasteiger partial charge on any atom is -0.497 e. The summed E-state index contributed by atoms with van der Waals surface area (Å²) >= 11 is 0. The van der Waals surface area contributed by atoms with Crippen molar-refractivity contribution in [2.75, 3.05) is 7.11 Å². The number of rotatable bonds is 9. The summed E-state index contributed by atoms with van der Waals surface area (Å²) < 4.78 is 5.30. The highest BCUT2D eigenvalue weighted by Crippen LogP contribution is 2.17. The standard InChI is InChI=1S/C15H26O/c1-5-8-9-10-11-13-14(12-6-2)15(7-3)16-4/h6-7,12H,3,5,8-11,13H2,1-2,4H3/b12-6-,15-14-. The van der Waals surface area contributed by atoms with E-state index < -0.39 is 0 Å². The van der Waals surface area contributed by atoms with Crippen LogP contribution in [-0.4, -0.2) is 7.11 Å². The van der Waals surface area contributed by atoms with E-state index in [4.69, 9.17) is 4.74 Å². The first-order valence-corrected chi connectivity index (χ1v) is 6.32. The molecule has 0 fully saturated rings. The Morgan fingerprint density at radius 3 is 2.38 bits per heavy atom. The van der Waals surface area contributed by atoms with Gasteiger partial charge in [0.05, 0.1) is 7.11 Å². The summed E-state index contributed by atoms with van der Waals surface area (Å²) in [7, 11) is 1.71. The van der Waals surface area contributed by atoms with Crippen LogP contribution in [0.25, 0.3) is 0 Å². The SMILES string of the molecule is C=C/C(OC)=C(\C=C/C)CCCCCCC. The maximum Gasteiger partial charge on any atom is 0.121 e. The Bertz CT molecular complexity index is 236. The molecule has 0 spiro atoms. The van der Waals surface area contributed by atoms with E-state index in [-0.39, 0.29) is 0 Å². The second-order valence-corrected chi connectivity index (χ2v) is 3.96. The fourth-order valence-electron chi connectivity index (χ4n) is 1.75. The van der Waals surface area contributed by atoms with Gasteiger partial charge in [-0.15, -0.1) is 0 Å². The van der Waals surface area contributed by atoms with Crippen LogP contribution < -0.4 is 0 Å². The van der Waals surface area contributed by atoms with E-state index >= 15 is 0 Å². The highest BCUT2D eigenvalue weighted by molar-refractivity contribution is 5.27. The van der Waals surface area contributed by atoms with Crippen LogP contribution in [0.2, 0.25) is 0 Å². The van der Waals surface area contributed by atoms with Gasteiger partial charge in [-0.25, -0.2) is 0 Å². The molecule has 0 saturated heterocycles. The lowest BCUT2D eigenvalue weighted by atomic mass is 10.0. The van der Waals surface area contributed by atoms with Crippen molar-refractivity contribution in [3.63, 3.8) is 0 Å². The third kappa shape index (κ3) is 6.49. The van der Waals surface area contributed by atoms with E-state index in [0.29, 0.717) is 0 Å². The molecule has 1 heteroatoms. The molecule has 0 heterocycles. The Kier molecular flexibility index (Phi) is 9.89. The molecule has 0 rings (SSSR count). The summed E-state index contributed by atoms with van der Waals surface area (Å²) in [6, 6.07) is 0. The summed E-state index contributed by atoms with van der Waals surface area (Å²) in [4.78, 5) is 0. The molecule has 0 atom stereocenters. The molecule has 16 heavy (non-hydrogen) atoms. The topological polar surface area (TPSA) is 9.23 Å². The van der Waals surface area contributed by atoms with Crippen molar-refractivity contribution in [3.05, 3.63) is 36.1 Å². The lowest BCUT2D eigenvalue weighted by Crippen LogP contribution is -1.91. The summed E-state index contributed by atoms with van der Waals surface area (Å²) in [6.45, 7) is 8.05. The van der Waals surface area contributed by atoms with E-state index in [1.165, 1.54) is 37.7 Å². The Hall–Kier alpha value is -0.980. The molecule has 0 saturated carbocycles. The minimum atomic E-state index is 0.911. The first-order chi connectivity index (χ1) is 7.79. The van der Waals surface area contributed by atoms with Crippen molar-refractivity contribution >= 4 is 0 Å². The Morgan fingerprint density at radius 1 is 1.19 bits per heavy atom. The summed E-state index contributed by atoms with van der Waals surface area (Å²) in [5.74, 6) is 0.911. The van der Waals surface area contributed by atoms with Gasteiger partial charge in [-0.05, 0) is 31.4 Å². The van der Waals surface area contributed by atoms with Crippen molar-refractivity contribution in [1.82, 2.24) is 0 Å². The number of allylic oxidation sites excluding steroid dienone is 4. The lowest BCUT2D eigenvalue weighted by Gasteiger charge is -2.08. The van der Waals surface area contributed by atoms with Crippen molar-refractivity contribution in [3.8, 4) is 0 Å². The molecule has 0 aliphatic carbocycles. The highest BCUT2D eigenvalue weighted by atomic mass is 16.5. The third-order valence-corrected chi connectivity index (χ3v) is 2.64. The van der Waals surface area contributed by atoms with Crippen LogP contribution in [0.1, 0.15) is 52.4 Å². The predicted molar refractivity (Wildman–Crippen MR) is 72.4 cm³/mol. The predicted octanol–water partition coefficient (Wildman–Crippen LogP) is 5.01. The second-order valence-electron chi connectivity index (χ2n) is 3.96. The number of unbranched alkanes of at least 4 members (excludes halogenated alkanes) is 4. The molecule has 1 nitrogen and oxygen atoms in total. The smallest absolute Gasteiger partial charge is 0.121 e. The van der Waals surface area contributed by atoms with E-state index in [0.717, 1.165) is 12.2 Å². The van der Waals surface area contributed by atoms with E-state index in [1.54, 1.807) is 13.2 Å². The number of hydrogen-bond donors (Lipinski definition) is 0. The van der Waals surface area contributed by atoms with E-state index in [9.17, 15) is 0 Å². The summed E-state index contributed by atoms with van der Waals surface area (Å²) in [5, 5.41) is 0. The highest BCUT2D eigenvalue weighted by Gasteiger charge is 2.00. The molecule has 0 radical (unpaired) electrons. The fourth-order valence-corrected chi connectivity index (χ4v) is 1.75. The molecular formula is C15H26O. The normalized spacial score (nSPS) is 12.7. The maximum atomic E-state index is 5.30. The quantitative estimate of drug-likeness (QED) is 0.303. The molecule has 0 aromatic rings. The number of ether oxygens (including phenoxy) is 1. The van der Waals surface area contributed by atoms with Crippen LogP contribution in [0, 0.1) is 0 Å². The second kappa shape index (κ2) is 10.5. The van der Waals surface area contributed by atoms with Crippen molar-refractivity contribution in [1.29, 1.82) is 0 Å². The molecule has 92 valence electrons. The zero-order valence-electron chi connectivity index (χ0n) is 11.1. The zero-order chi connectivity index (χ0) is 12.2. The molecule has 0 aliphatic rings. The molecule has 0 aromatic heterocycles. The molecule has 0 N–H and O–H groups in total. The molecular weight excluding hydrogens is 196 g/mol. The molecule has 0 aliphatic heterocycles. The largest absolute Gasteiger partial charge is 0.497 e. The van der Waals surface area contributed by atoms with E-state index in [2.05, 4.69) is 25.7 Å². The maximum absolute atomic E-state index is 5.30. The van der Waals surface area contributed by atoms with Crippen LogP contribution in [-0.2, 0) is 4.74 Å². The van der Waals surface area contributed by atoms with Gasteiger partial charge in [0.2, 0.25) is 0 Å². The zero-order valence-corrected chi connectivity index (χ0v) is 11.1. The monoisotopic (exact) mass is 222 g/mol. The van der Waals surface area contributed by atoms with Crippen molar-refractivity contribution < 1.29 is 4.74 Å². The third-order valence-electron chi connectivity index (χ3n) is 2.64. The summed E-state index contributed by atoms with van der Waals surface area (Å²) in [5.41, 5.74) is 1.26.